The molecule has 0 bridgehead atoms. The zero-order valence-corrected chi connectivity index (χ0v) is 16.3. The van der Waals surface area contributed by atoms with Gasteiger partial charge in [0.25, 0.3) is 0 Å². The second-order valence-corrected chi connectivity index (χ2v) is 5.15. The number of rotatable bonds is 9. The third-order valence-corrected chi connectivity index (χ3v) is 3.35. The van der Waals surface area contributed by atoms with E-state index in [1.807, 2.05) is 6.07 Å². The van der Waals surface area contributed by atoms with Crippen LogP contribution < -0.4 is 10.6 Å². The molecule has 0 aromatic heterocycles. The van der Waals surface area contributed by atoms with Crippen LogP contribution in [0.25, 0.3) is 0 Å². The second kappa shape index (κ2) is 13.8. The third kappa shape index (κ3) is 10.00. The largest absolute Gasteiger partial charge is 0.381 e. The van der Waals surface area contributed by atoms with Crippen LogP contribution in [0.3, 0.4) is 0 Å². The molecule has 1 atom stereocenters. The van der Waals surface area contributed by atoms with Gasteiger partial charge >= 0.3 is 0 Å². The molecule has 0 fully saturated rings. The summed E-state index contributed by atoms with van der Waals surface area (Å²) in [6.45, 7) is 6.75. The van der Waals surface area contributed by atoms with Crippen molar-refractivity contribution in [1.29, 1.82) is 0 Å². The summed E-state index contributed by atoms with van der Waals surface area (Å²) in [6.07, 6.45) is 3.05. The summed E-state index contributed by atoms with van der Waals surface area (Å²) in [7, 11) is 1.80. The van der Waals surface area contributed by atoms with Gasteiger partial charge in [0.15, 0.2) is 5.96 Å². The molecule has 0 spiro atoms. The van der Waals surface area contributed by atoms with Crippen molar-refractivity contribution < 1.29 is 4.74 Å². The molecule has 1 unspecified atom stereocenters. The number of nitrogens with one attached hydrogen (secondary N) is 2. The molecule has 5 heteroatoms. The van der Waals surface area contributed by atoms with Gasteiger partial charge in [-0.3, -0.25) is 4.99 Å². The van der Waals surface area contributed by atoms with Crippen molar-refractivity contribution >= 4 is 29.9 Å². The first kappa shape index (κ1) is 21.2. The van der Waals surface area contributed by atoms with Crippen molar-refractivity contribution in [2.24, 2.45) is 4.99 Å². The normalized spacial score (nSPS) is 12.4. The molecular weight excluding hydrogens is 389 g/mol. The highest BCUT2D eigenvalue weighted by atomic mass is 127. The van der Waals surface area contributed by atoms with Crippen molar-refractivity contribution in [3.63, 3.8) is 0 Å². The average Bonchev–Trinajstić information content (AvgIpc) is 2.53. The Morgan fingerprint density at radius 2 is 1.95 bits per heavy atom. The summed E-state index contributed by atoms with van der Waals surface area (Å²) in [6, 6.07) is 10.9. The number of ether oxygens (including phenoxy) is 1. The van der Waals surface area contributed by atoms with Gasteiger partial charge in [0.2, 0.25) is 0 Å². The van der Waals surface area contributed by atoms with Crippen LogP contribution >= 0.6 is 24.0 Å². The highest BCUT2D eigenvalue weighted by Gasteiger charge is 2.01. The van der Waals surface area contributed by atoms with Crippen LogP contribution in [-0.2, 0) is 11.2 Å². The smallest absolute Gasteiger partial charge is 0.191 e. The number of halogens is 1. The topological polar surface area (TPSA) is 45.7 Å². The first-order valence-corrected chi connectivity index (χ1v) is 7.85. The maximum Gasteiger partial charge on any atom is 0.191 e. The van der Waals surface area contributed by atoms with Crippen LogP contribution in [0.2, 0.25) is 0 Å². The van der Waals surface area contributed by atoms with Gasteiger partial charge in [-0.1, -0.05) is 37.3 Å². The van der Waals surface area contributed by atoms with Gasteiger partial charge in [0, 0.05) is 26.2 Å². The maximum absolute atomic E-state index is 5.66. The van der Waals surface area contributed by atoms with Crippen LogP contribution in [0.1, 0.15) is 32.3 Å². The van der Waals surface area contributed by atoms with Crippen LogP contribution in [0.5, 0.6) is 0 Å². The summed E-state index contributed by atoms with van der Waals surface area (Å²) in [5.74, 6) is 0.869. The molecule has 2 N–H and O–H groups in total. The molecule has 0 amide bonds. The Morgan fingerprint density at radius 1 is 1.23 bits per heavy atom. The van der Waals surface area contributed by atoms with Crippen LogP contribution in [0.4, 0.5) is 0 Å². The molecule has 22 heavy (non-hydrogen) atoms. The van der Waals surface area contributed by atoms with Crippen molar-refractivity contribution in [3.8, 4) is 0 Å². The zero-order valence-electron chi connectivity index (χ0n) is 14.0. The number of hydrogen-bond donors (Lipinski definition) is 2. The Morgan fingerprint density at radius 3 is 2.59 bits per heavy atom. The molecule has 0 aliphatic rings. The summed E-state index contributed by atoms with van der Waals surface area (Å²) in [4.78, 5) is 4.20. The molecule has 0 saturated heterocycles. The molecule has 0 radical (unpaired) electrons. The van der Waals surface area contributed by atoms with E-state index >= 15 is 0 Å². The third-order valence-electron chi connectivity index (χ3n) is 3.35. The number of aliphatic imine (C=N–C) groups is 1. The van der Waals surface area contributed by atoms with E-state index in [-0.39, 0.29) is 24.0 Å². The lowest BCUT2D eigenvalue weighted by Crippen LogP contribution is -2.42. The van der Waals surface area contributed by atoms with Crippen molar-refractivity contribution in [2.75, 3.05) is 26.8 Å². The molecule has 1 aromatic rings. The van der Waals surface area contributed by atoms with Gasteiger partial charge < -0.3 is 15.4 Å². The van der Waals surface area contributed by atoms with E-state index in [0.717, 1.165) is 45.0 Å². The fourth-order valence-electron chi connectivity index (χ4n) is 1.85. The SMILES string of the molecule is CCC(C)NC(=NC)NCCCOCCc1ccccc1.I. The molecule has 0 saturated carbocycles. The van der Waals surface area contributed by atoms with E-state index in [9.17, 15) is 0 Å². The monoisotopic (exact) mass is 419 g/mol. The minimum atomic E-state index is 0. The predicted octanol–water partition coefficient (Wildman–Crippen LogP) is 3.22. The molecule has 126 valence electrons. The number of benzene rings is 1. The minimum absolute atomic E-state index is 0. The minimum Gasteiger partial charge on any atom is -0.381 e. The Bertz CT molecular complexity index is 398. The predicted molar refractivity (Wildman–Crippen MR) is 105 cm³/mol. The molecular formula is C17H30IN3O. The van der Waals surface area contributed by atoms with E-state index < -0.39 is 0 Å². The Kier molecular flexibility index (Phi) is 13.3. The maximum atomic E-state index is 5.66. The lowest BCUT2D eigenvalue weighted by atomic mass is 10.2. The summed E-state index contributed by atoms with van der Waals surface area (Å²) in [5.41, 5.74) is 1.33. The highest BCUT2D eigenvalue weighted by Crippen LogP contribution is 1.99. The van der Waals surface area contributed by atoms with Crippen molar-refractivity contribution in [2.45, 2.75) is 39.2 Å². The van der Waals surface area contributed by atoms with E-state index in [2.05, 4.69) is 53.7 Å². The quantitative estimate of drug-likeness (QED) is 0.280. The standard InChI is InChI=1S/C17H29N3O.HI/c1-4-15(2)20-17(18-3)19-12-8-13-21-14-11-16-9-6-5-7-10-16;/h5-7,9-10,15H,4,8,11-14H2,1-3H3,(H2,18,19,20);1H. The van der Waals surface area contributed by atoms with E-state index in [4.69, 9.17) is 4.74 Å². The van der Waals surface area contributed by atoms with E-state index in [1.165, 1.54) is 5.56 Å². The number of nitrogens with zero attached hydrogens (tertiary/aromatic N) is 1. The van der Waals surface area contributed by atoms with E-state index in [0.29, 0.717) is 6.04 Å². The van der Waals surface area contributed by atoms with Gasteiger partial charge in [-0.2, -0.15) is 0 Å². The lowest BCUT2D eigenvalue weighted by Gasteiger charge is -2.16. The average molecular weight is 419 g/mol. The molecule has 1 rings (SSSR count). The van der Waals surface area contributed by atoms with Crippen LogP contribution in [0, 0.1) is 0 Å². The fraction of sp³-hybridized carbons (Fsp3) is 0.588. The van der Waals surface area contributed by atoms with Gasteiger partial charge in [-0.15, -0.1) is 24.0 Å². The molecule has 0 aliphatic heterocycles. The van der Waals surface area contributed by atoms with Crippen molar-refractivity contribution in [3.05, 3.63) is 35.9 Å². The van der Waals surface area contributed by atoms with Crippen molar-refractivity contribution in [1.82, 2.24) is 10.6 Å². The number of hydrogen-bond acceptors (Lipinski definition) is 2. The van der Waals surface area contributed by atoms with Gasteiger partial charge in [0.05, 0.1) is 6.61 Å². The van der Waals surface area contributed by atoms with Gasteiger partial charge in [0.1, 0.15) is 0 Å². The summed E-state index contributed by atoms with van der Waals surface area (Å²) >= 11 is 0. The first-order valence-electron chi connectivity index (χ1n) is 7.85. The molecule has 0 heterocycles. The fourth-order valence-corrected chi connectivity index (χ4v) is 1.85. The molecule has 1 aromatic carbocycles. The highest BCUT2D eigenvalue weighted by molar-refractivity contribution is 14.0. The number of guanidine groups is 1. The Labute approximate surface area is 152 Å². The molecule has 4 nitrogen and oxygen atoms in total. The Balaban J connectivity index is 0.00000441. The summed E-state index contributed by atoms with van der Waals surface area (Å²) < 4.78 is 5.66. The lowest BCUT2D eigenvalue weighted by molar-refractivity contribution is 0.135. The zero-order chi connectivity index (χ0) is 15.3. The van der Waals surface area contributed by atoms with Crippen LogP contribution in [0.15, 0.2) is 35.3 Å². The second-order valence-electron chi connectivity index (χ2n) is 5.15. The first-order chi connectivity index (χ1) is 10.3. The molecule has 0 aliphatic carbocycles. The van der Waals surface area contributed by atoms with Gasteiger partial charge in [-0.05, 0) is 31.7 Å². The Hall–Kier alpha value is -0.820. The van der Waals surface area contributed by atoms with Gasteiger partial charge in [-0.25, -0.2) is 0 Å². The summed E-state index contributed by atoms with van der Waals surface area (Å²) in [5, 5.41) is 6.64. The van der Waals surface area contributed by atoms with Crippen LogP contribution in [-0.4, -0.2) is 38.8 Å². The van der Waals surface area contributed by atoms with E-state index in [1.54, 1.807) is 7.05 Å².